The van der Waals surface area contributed by atoms with E-state index in [0.717, 1.165) is 12.1 Å². The van der Waals surface area contributed by atoms with Crippen LogP contribution in [0.3, 0.4) is 0 Å². The minimum Gasteiger partial charge on any atom is -0.507 e. The first-order valence-electron chi connectivity index (χ1n) is 11.6. The minimum absolute atomic E-state index is 0.00603. The number of carbonyl (C=O) groups excluding carboxylic acids is 2. The van der Waals surface area contributed by atoms with Crippen LogP contribution in [0, 0.1) is 0 Å². The van der Waals surface area contributed by atoms with Gasteiger partial charge < -0.3 is 19.6 Å². The third-order valence-corrected chi connectivity index (χ3v) is 7.47. The molecule has 4 aromatic carbocycles. The van der Waals surface area contributed by atoms with Gasteiger partial charge in [-0.3, -0.25) is 9.59 Å². The maximum Gasteiger partial charge on any atom is 0.346 e. The third-order valence-electron chi connectivity index (χ3n) is 5.88. The maximum atomic E-state index is 13.4. The van der Waals surface area contributed by atoms with Crippen LogP contribution in [0.5, 0.6) is 11.5 Å². The first-order chi connectivity index (χ1) is 19.6. The number of fused-ring (bicyclic) bond motifs is 1. The fraction of sp³-hybridized carbons (Fsp3) is 0. The second-order valence-electron chi connectivity index (χ2n) is 8.46. The molecule has 2 N–H and O–H groups in total. The van der Waals surface area contributed by atoms with Crippen LogP contribution in [0.25, 0.3) is 22.3 Å². The summed E-state index contributed by atoms with van der Waals surface area (Å²) < 4.78 is 11.6. The second kappa shape index (κ2) is 11.6. The molecule has 1 heterocycles. The van der Waals surface area contributed by atoms with Crippen LogP contribution in [0.4, 0.5) is 5.69 Å². The molecule has 0 aliphatic heterocycles. The van der Waals surface area contributed by atoms with Crippen molar-refractivity contribution >= 4 is 86.5 Å². The van der Waals surface area contributed by atoms with E-state index in [-0.39, 0.29) is 58.7 Å². The lowest BCUT2D eigenvalue weighted by Crippen LogP contribution is -2.17. The summed E-state index contributed by atoms with van der Waals surface area (Å²) in [6.07, 6.45) is 0. The lowest BCUT2D eigenvalue weighted by atomic mass is 10.1. The molecule has 1 aromatic heterocycles. The lowest BCUT2D eigenvalue weighted by molar-refractivity contribution is 0.0735. The lowest BCUT2D eigenvalue weighted by Gasteiger charge is -2.16. The van der Waals surface area contributed by atoms with E-state index in [9.17, 15) is 19.5 Å². The first-order valence-corrected chi connectivity index (χ1v) is 13.5. The molecule has 5 rings (SSSR count). The number of anilines is 1. The van der Waals surface area contributed by atoms with Gasteiger partial charge in [-0.15, -0.1) is 0 Å². The van der Waals surface area contributed by atoms with Crippen LogP contribution in [0.15, 0.2) is 82.0 Å². The molecule has 0 radical (unpaired) electrons. The first kappa shape index (κ1) is 28.8. The van der Waals surface area contributed by atoms with Crippen molar-refractivity contribution in [3.63, 3.8) is 0 Å². The highest BCUT2D eigenvalue weighted by atomic mass is 35.5. The topological polar surface area (TPSA) is 106 Å². The number of carbonyl (C=O) groups is 2. The Morgan fingerprint density at radius 2 is 1.32 bits per heavy atom. The zero-order chi connectivity index (χ0) is 29.4. The van der Waals surface area contributed by atoms with Gasteiger partial charge in [0.05, 0.1) is 36.2 Å². The molecule has 0 bridgehead atoms. The Bertz CT molecular complexity index is 1900. The van der Waals surface area contributed by atoms with Crippen LogP contribution >= 0.6 is 58.0 Å². The molecule has 0 unspecified atom stereocenters. The number of benzene rings is 4. The van der Waals surface area contributed by atoms with E-state index in [2.05, 4.69) is 5.32 Å². The summed E-state index contributed by atoms with van der Waals surface area (Å²) in [6, 6.07) is 17.5. The van der Waals surface area contributed by atoms with E-state index >= 15 is 0 Å². The number of nitrogens with one attached hydrogen (secondary N) is 1. The summed E-state index contributed by atoms with van der Waals surface area (Å²) in [5, 5.41) is 13.4. The fourth-order valence-corrected chi connectivity index (χ4v) is 5.37. The molecule has 12 heteroatoms. The van der Waals surface area contributed by atoms with Crippen LogP contribution in [0.1, 0.15) is 20.7 Å². The van der Waals surface area contributed by atoms with Gasteiger partial charge in [0.1, 0.15) is 22.6 Å². The van der Waals surface area contributed by atoms with Gasteiger partial charge in [-0.2, -0.15) is 0 Å². The summed E-state index contributed by atoms with van der Waals surface area (Å²) in [5.41, 5.74) is -1.21. The van der Waals surface area contributed by atoms with E-state index in [1.165, 1.54) is 30.3 Å². The van der Waals surface area contributed by atoms with E-state index in [1.807, 2.05) is 0 Å². The van der Waals surface area contributed by atoms with Crippen molar-refractivity contribution in [1.29, 1.82) is 0 Å². The van der Waals surface area contributed by atoms with Crippen molar-refractivity contribution in [3.8, 4) is 22.8 Å². The van der Waals surface area contributed by atoms with Gasteiger partial charge >= 0.3 is 5.97 Å². The van der Waals surface area contributed by atoms with Crippen molar-refractivity contribution in [2.24, 2.45) is 0 Å². The number of aromatic hydroxyl groups is 1. The number of rotatable bonds is 5. The highest BCUT2D eigenvalue weighted by Crippen LogP contribution is 2.42. The SMILES string of the molecule is O=C(Nc1c(OC(=O)c2c(Cl)cccc2Cl)cc(O)c2c(=O)cc(-c3ccccc3Cl)oc12)c1c(Cl)cccc1Cl. The Hall–Kier alpha value is -3.72. The third kappa shape index (κ3) is 5.60. The van der Waals surface area contributed by atoms with E-state index < -0.39 is 28.8 Å². The molecular formula is C29H14Cl5NO6. The number of amides is 1. The minimum atomic E-state index is -1.02. The molecule has 5 aromatic rings. The molecule has 0 aliphatic carbocycles. The predicted molar refractivity (Wildman–Crippen MR) is 160 cm³/mol. The number of phenols is 1. The molecule has 0 atom stereocenters. The monoisotopic (exact) mass is 647 g/mol. The number of ether oxygens (including phenoxy) is 1. The number of halogens is 5. The van der Waals surface area contributed by atoms with E-state index in [1.54, 1.807) is 30.3 Å². The molecule has 0 aliphatic rings. The molecule has 0 saturated heterocycles. The predicted octanol–water partition coefficient (Wildman–Crippen LogP) is 8.90. The smallest absolute Gasteiger partial charge is 0.346 e. The standard InChI is InChI=1S/C29H14Cl5NO6/c30-14-6-2-1-5-13(14)21-11-19(36)25-20(37)12-22(41-29(39)24-17(33)9-4-10-18(24)34)26(27(25)40-21)35-28(38)23-15(31)7-3-8-16(23)32/h1-12,37H,(H,35,38). The number of hydrogen-bond donors (Lipinski definition) is 2. The maximum absolute atomic E-state index is 13.4. The van der Waals surface area contributed by atoms with Crippen LogP contribution in [0.2, 0.25) is 25.1 Å². The molecule has 0 fully saturated rings. The van der Waals surface area contributed by atoms with Crippen molar-refractivity contribution < 1.29 is 23.8 Å². The Labute approximate surface area is 256 Å². The molecular weight excluding hydrogens is 636 g/mol. The summed E-state index contributed by atoms with van der Waals surface area (Å²) in [7, 11) is 0. The van der Waals surface area contributed by atoms with Gasteiger partial charge in [0.2, 0.25) is 0 Å². The second-order valence-corrected chi connectivity index (χ2v) is 10.5. The Balaban J connectivity index is 1.75. The van der Waals surface area contributed by atoms with Crippen LogP contribution in [-0.2, 0) is 0 Å². The Morgan fingerprint density at radius 1 is 0.756 bits per heavy atom. The molecule has 7 nitrogen and oxygen atoms in total. The Morgan fingerprint density at radius 3 is 1.93 bits per heavy atom. The highest BCUT2D eigenvalue weighted by Gasteiger charge is 2.26. The zero-order valence-corrected chi connectivity index (χ0v) is 24.1. The zero-order valence-electron chi connectivity index (χ0n) is 20.3. The largest absolute Gasteiger partial charge is 0.507 e. The van der Waals surface area contributed by atoms with Crippen molar-refractivity contribution in [3.05, 3.63) is 119 Å². The van der Waals surface area contributed by atoms with E-state index in [0.29, 0.717) is 5.56 Å². The Kier molecular flexibility index (Phi) is 8.18. The quantitative estimate of drug-likeness (QED) is 0.112. The van der Waals surface area contributed by atoms with Gasteiger partial charge in [0.15, 0.2) is 16.8 Å². The van der Waals surface area contributed by atoms with Gasteiger partial charge in [0.25, 0.3) is 5.91 Å². The number of phenolic OH excluding ortho intramolecular Hbond substituents is 1. The van der Waals surface area contributed by atoms with Gasteiger partial charge in [-0.1, -0.05) is 82.3 Å². The summed E-state index contributed by atoms with van der Waals surface area (Å²) in [6.45, 7) is 0. The van der Waals surface area contributed by atoms with Gasteiger partial charge in [-0.25, -0.2) is 4.79 Å². The number of hydrogen-bond acceptors (Lipinski definition) is 6. The molecule has 206 valence electrons. The van der Waals surface area contributed by atoms with Gasteiger partial charge in [0, 0.05) is 17.7 Å². The van der Waals surface area contributed by atoms with Crippen LogP contribution < -0.4 is 15.5 Å². The molecule has 0 saturated carbocycles. The average Bonchev–Trinajstić information content (AvgIpc) is 2.90. The normalized spacial score (nSPS) is 11.0. The summed E-state index contributed by atoms with van der Waals surface area (Å²) >= 11 is 31.1. The molecule has 1 amide bonds. The fourth-order valence-electron chi connectivity index (χ4n) is 4.02. The highest BCUT2D eigenvalue weighted by molar-refractivity contribution is 6.41. The average molecular weight is 650 g/mol. The van der Waals surface area contributed by atoms with E-state index in [4.69, 9.17) is 67.2 Å². The number of esters is 1. The molecule has 41 heavy (non-hydrogen) atoms. The van der Waals surface area contributed by atoms with Crippen molar-refractivity contribution in [2.75, 3.05) is 5.32 Å². The summed E-state index contributed by atoms with van der Waals surface area (Å²) in [5.74, 6) is -2.83. The molecule has 0 spiro atoms. The summed E-state index contributed by atoms with van der Waals surface area (Å²) in [4.78, 5) is 39.8. The van der Waals surface area contributed by atoms with Gasteiger partial charge in [-0.05, 0) is 36.4 Å². The van der Waals surface area contributed by atoms with Crippen molar-refractivity contribution in [2.45, 2.75) is 0 Å². The van der Waals surface area contributed by atoms with Crippen LogP contribution in [-0.4, -0.2) is 17.0 Å². The van der Waals surface area contributed by atoms with Crippen molar-refractivity contribution in [1.82, 2.24) is 0 Å².